The highest BCUT2D eigenvalue weighted by Gasteiger charge is 2.63. The Morgan fingerprint density at radius 1 is 1.09 bits per heavy atom. The average molecular weight is 772 g/mol. The molecule has 0 aromatic carbocycles. The summed E-state index contributed by atoms with van der Waals surface area (Å²) in [5.74, 6) is -3.27. The van der Waals surface area contributed by atoms with Crippen molar-refractivity contribution in [2.75, 3.05) is 13.7 Å². The van der Waals surface area contributed by atoms with E-state index in [0.29, 0.717) is 46.0 Å². The number of carbonyl (C=O) groups is 4. The van der Waals surface area contributed by atoms with Gasteiger partial charge in [0.1, 0.15) is 23.7 Å². The van der Waals surface area contributed by atoms with Crippen molar-refractivity contribution in [3.05, 3.63) is 30.4 Å². The van der Waals surface area contributed by atoms with Gasteiger partial charge in [0.05, 0.1) is 18.4 Å². The molecule has 1 aromatic heterocycles. The molecule has 0 unspecified atom stereocenters. The monoisotopic (exact) mass is 771 g/mol. The Morgan fingerprint density at radius 2 is 1.77 bits per heavy atom. The molecule has 4 amide bonds. The van der Waals surface area contributed by atoms with E-state index in [-0.39, 0.29) is 37.1 Å². The molecule has 0 bridgehead atoms. The third kappa shape index (κ3) is 8.67. The minimum atomic E-state index is -4.90. The minimum Gasteiger partial charge on any atom is -0.481 e. The van der Waals surface area contributed by atoms with Crippen LogP contribution in [0.15, 0.2) is 30.4 Å². The van der Waals surface area contributed by atoms with Crippen molar-refractivity contribution >= 4 is 33.8 Å². The average Bonchev–Trinajstić information content (AvgIpc) is 3.94. The van der Waals surface area contributed by atoms with Crippen LogP contribution >= 0.6 is 0 Å². The summed E-state index contributed by atoms with van der Waals surface area (Å²) >= 11 is 0. The first-order chi connectivity index (χ1) is 24.6. The Bertz CT molecular complexity index is 1730. The number of sulfonamides is 1. The molecule has 3 heterocycles. The van der Waals surface area contributed by atoms with Crippen LogP contribution in [0.25, 0.3) is 0 Å². The topological polar surface area (TPSA) is 182 Å². The molecular formula is C35H48F3N5O9S. The quantitative estimate of drug-likeness (QED) is 0.329. The van der Waals surface area contributed by atoms with E-state index in [1.165, 1.54) is 18.9 Å². The van der Waals surface area contributed by atoms with Gasteiger partial charge in [0.2, 0.25) is 39.2 Å². The number of alkyl carbamates (subject to hydrolysis) is 1. The van der Waals surface area contributed by atoms with Crippen molar-refractivity contribution in [2.45, 2.75) is 120 Å². The second-order valence-corrected chi connectivity index (χ2v) is 17.7. The molecule has 14 nitrogen and oxygen atoms in total. The molecule has 0 spiro atoms. The Hall–Kier alpha value is -4.09. The molecule has 1 saturated heterocycles. The molecule has 294 valence electrons. The summed E-state index contributed by atoms with van der Waals surface area (Å²) in [5.41, 5.74) is -4.50. The van der Waals surface area contributed by atoms with E-state index >= 15 is 0 Å². The molecule has 1 aromatic rings. The maximum atomic E-state index is 14.5. The first-order valence-corrected chi connectivity index (χ1v) is 19.2. The molecule has 0 radical (unpaired) electrons. The maximum absolute atomic E-state index is 14.5. The number of allylic oxidation sites excluding steroid dienone is 1. The number of nitrogens with zero attached hydrogens (tertiary/aromatic N) is 2. The van der Waals surface area contributed by atoms with Crippen molar-refractivity contribution in [2.24, 2.45) is 17.8 Å². The van der Waals surface area contributed by atoms with Gasteiger partial charge in [-0.1, -0.05) is 32.1 Å². The lowest BCUT2D eigenvalue weighted by atomic mass is 9.88. The molecule has 18 heteroatoms. The second kappa shape index (κ2) is 14.6. The van der Waals surface area contributed by atoms with Crippen molar-refractivity contribution in [1.29, 1.82) is 0 Å². The number of pyridine rings is 1. The summed E-state index contributed by atoms with van der Waals surface area (Å²) in [4.78, 5) is 61.0. The lowest BCUT2D eigenvalue weighted by molar-refractivity contribution is -0.244. The molecule has 3 fully saturated rings. The van der Waals surface area contributed by atoms with E-state index in [9.17, 15) is 40.8 Å². The molecule has 2 saturated carbocycles. The predicted molar refractivity (Wildman–Crippen MR) is 184 cm³/mol. The molecule has 5 rings (SSSR count). The number of rotatable bonds is 8. The van der Waals surface area contributed by atoms with Gasteiger partial charge in [0.25, 0.3) is 5.91 Å². The largest absolute Gasteiger partial charge is 0.481 e. The summed E-state index contributed by atoms with van der Waals surface area (Å²) < 4.78 is 84.1. The van der Waals surface area contributed by atoms with E-state index in [2.05, 4.69) is 20.3 Å². The van der Waals surface area contributed by atoms with Crippen LogP contribution in [0.1, 0.15) is 79.6 Å². The smallest absolute Gasteiger partial charge is 0.427 e. The van der Waals surface area contributed by atoms with Crippen LogP contribution in [0.5, 0.6) is 11.8 Å². The van der Waals surface area contributed by atoms with Crippen LogP contribution in [0.2, 0.25) is 0 Å². The zero-order chi connectivity index (χ0) is 39.1. The summed E-state index contributed by atoms with van der Waals surface area (Å²) in [5, 5.41) is 5.12. The number of hydrogen-bond acceptors (Lipinski definition) is 10. The molecule has 7 atom stereocenters. The number of fused-ring (bicyclic) bond motifs is 2. The highest BCUT2D eigenvalue weighted by Crippen LogP contribution is 2.47. The number of nitrogens with one attached hydrogen (secondary N) is 3. The summed E-state index contributed by atoms with van der Waals surface area (Å²) in [7, 11) is -2.64. The lowest BCUT2D eigenvalue weighted by Gasteiger charge is -2.34. The van der Waals surface area contributed by atoms with Gasteiger partial charge in [-0.15, -0.1) is 0 Å². The van der Waals surface area contributed by atoms with Crippen molar-refractivity contribution in [3.8, 4) is 11.8 Å². The Balaban J connectivity index is 1.49. The van der Waals surface area contributed by atoms with E-state index < -0.39 is 85.9 Å². The SMILES string of the molecule is COc1cccc(O[C@@H]2C[C@H]3C(=O)N[C@]4(C(=O)NS(=O)(=O)C5(C)CC5)C[C@H]4/C=C\CC[C@@H](C)C[C@@H](C)[C@H](NC(=O)OC(C)(C)C(F)(F)F)C(=O)N3C2)n1. The highest BCUT2D eigenvalue weighted by atomic mass is 32.2. The standard InChI is InChI=1S/C35H48F3N5O9S/c1-20-10-7-8-11-22-18-34(22,30(46)42-53(48,49)33(5)14-15-33)41-28(44)24-17-23(51-26-13-9-12-25(39-26)50-6)19-43(24)29(45)27(21(2)16-20)40-31(47)52-32(3,4)35(36,37)38/h8-9,11-13,20-24,27H,7,10,14-19H2,1-6H3,(H,40,47)(H,41,44)(H,42,46)/b11-8-/t20-,21-,22-,23-,24+,27+,34-/m1/s1. The predicted octanol–water partition coefficient (Wildman–Crippen LogP) is 3.76. The zero-order valence-corrected chi connectivity index (χ0v) is 31.4. The van der Waals surface area contributed by atoms with E-state index in [4.69, 9.17) is 14.2 Å². The second-order valence-electron chi connectivity index (χ2n) is 15.5. The first kappa shape index (κ1) is 40.1. The number of amides is 4. The first-order valence-electron chi connectivity index (χ1n) is 17.7. The fourth-order valence-corrected chi connectivity index (χ4v) is 8.10. The highest BCUT2D eigenvalue weighted by molar-refractivity contribution is 7.91. The minimum absolute atomic E-state index is 0.0273. The fraction of sp³-hybridized carbons (Fsp3) is 0.686. The van der Waals surface area contributed by atoms with Gasteiger partial charge >= 0.3 is 12.3 Å². The fourth-order valence-electron chi connectivity index (χ4n) is 6.79. The Kier molecular flexibility index (Phi) is 11.1. The molecular weight excluding hydrogens is 723 g/mol. The van der Waals surface area contributed by atoms with Crippen LogP contribution in [0, 0.1) is 17.8 Å². The molecule has 53 heavy (non-hydrogen) atoms. The van der Waals surface area contributed by atoms with Gasteiger partial charge in [-0.3, -0.25) is 19.1 Å². The number of aromatic nitrogens is 1. The van der Waals surface area contributed by atoms with E-state index in [0.717, 1.165) is 0 Å². The van der Waals surface area contributed by atoms with E-state index in [1.807, 2.05) is 13.0 Å². The van der Waals surface area contributed by atoms with E-state index in [1.54, 1.807) is 31.2 Å². The van der Waals surface area contributed by atoms with Crippen LogP contribution in [0.4, 0.5) is 18.0 Å². The van der Waals surface area contributed by atoms with Crippen LogP contribution in [-0.4, -0.2) is 96.0 Å². The van der Waals surface area contributed by atoms with Crippen LogP contribution in [0.3, 0.4) is 0 Å². The van der Waals surface area contributed by atoms with Gasteiger partial charge in [-0.2, -0.15) is 18.2 Å². The maximum Gasteiger partial charge on any atom is 0.427 e. The number of carbonyl (C=O) groups excluding carboxylic acids is 4. The zero-order valence-electron chi connectivity index (χ0n) is 30.6. The van der Waals surface area contributed by atoms with Crippen molar-refractivity contribution in [1.82, 2.24) is 25.2 Å². The van der Waals surface area contributed by atoms with Gasteiger partial charge in [0.15, 0.2) is 0 Å². The normalized spacial score (nSPS) is 31.0. The third-order valence-corrected chi connectivity index (χ3v) is 12.9. The van der Waals surface area contributed by atoms with Gasteiger partial charge in [0, 0.05) is 24.5 Å². The number of halogens is 3. The number of methoxy groups -OCH3 is 1. The molecule has 2 aliphatic heterocycles. The van der Waals surface area contributed by atoms with Gasteiger partial charge in [-0.05, 0) is 71.1 Å². The third-order valence-electron chi connectivity index (χ3n) is 10.7. The summed E-state index contributed by atoms with van der Waals surface area (Å²) in [6.07, 6.45) is -1.27. The Morgan fingerprint density at radius 3 is 2.42 bits per heavy atom. The summed E-state index contributed by atoms with van der Waals surface area (Å²) in [6.45, 7) is 6.32. The molecule has 3 N–H and O–H groups in total. The van der Waals surface area contributed by atoms with Crippen molar-refractivity contribution in [3.63, 3.8) is 0 Å². The number of hydrogen-bond donors (Lipinski definition) is 3. The molecule has 4 aliphatic rings. The lowest BCUT2D eigenvalue weighted by Crippen LogP contribution is -2.59. The number of ether oxygens (including phenoxy) is 3. The number of alkyl halides is 3. The van der Waals surface area contributed by atoms with Crippen LogP contribution < -0.4 is 24.8 Å². The van der Waals surface area contributed by atoms with Crippen molar-refractivity contribution < 1.29 is 55.0 Å². The van der Waals surface area contributed by atoms with Gasteiger partial charge < -0.3 is 29.7 Å². The van der Waals surface area contributed by atoms with Gasteiger partial charge in [-0.25, -0.2) is 13.2 Å². The Labute approximate surface area is 307 Å². The molecule has 2 aliphatic carbocycles. The summed E-state index contributed by atoms with van der Waals surface area (Å²) in [6, 6.07) is 2.05. The van der Waals surface area contributed by atoms with Crippen LogP contribution in [-0.2, 0) is 29.1 Å².